The van der Waals surface area contributed by atoms with Gasteiger partial charge in [-0.3, -0.25) is 9.59 Å². The van der Waals surface area contributed by atoms with Gasteiger partial charge in [0.05, 0.1) is 12.8 Å². The predicted molar refractivity (Wildman–Crippen MR) is 74.2 cm³/mol. The van der Waals surface area contributed by atoms with Gasteiger partial charge < -0.3 is 10.0 Å². The standard InChI is InChI=1S/C14H17ClFNO3/c1-3-17(9(2)7-14(19)20)13(18)8-10-11(15)5-4-6-12(10)16/h4-6,9H,3,7-8H2,1-2H3,(H,19,20). The molecule has 20 heavy (non-hydrogen) atoms. The molecule has 1 atom stereocenters. The van der Waals surface area contributed by atoms with E-state index in [9.17, 15) is 14.0 Å². The quantitative estimate of drug-likeness (QED) is 0.879. The Morgan fingerprint density at radius 3 is 2.60 bits per heavy atom. The molecule has 0 saturated heterocycles. The number of carboxylic acids is 1. The minimum absolute atomic E-state index is 0.139. The second kappa shape index (κ2) is 7.24. The zero-order chi connectivity index (χ0) is 15.3. The lowest BCUT2D eigenvalue weighted by Crippen LogP contribution is -2.40. The molecule has 0 aromatic heterocycles. The Morgan fingerprint density at radius 2 is 2.10 bits per heavy atom. The van der Waals surface area contributed by atoms with Gasteiger partial charge in [0.2, 0.25) is 5.91 Å². The fourth-order valence-corrected chi connectivity index (χ4v) is 2.28. The topological polar surface area (TPSA) is 57.6 Å². The summed E-state index contributed by atoms with van der Waals surface area (Å²) in [5.74, 6) is -1.85. The molecule has 0 aliphatic carbocycles. The molecule has 1 N–H and O–H groups in total. The van der Waals surface area contributed by atoms with Gasteiger partial charge in [0, 0.05) is 23.2 Å². The van der Waals surface area contributed by atoms with E-state index in [4.69, 9.17) is 16.7 Å². The summed E-state index contributed by atoms with van der Waals surface area (Å²) in [7, 11) is 0. The first-order valence-corrected chi connectivity index (χ1v) is 6.68. The largest absolute Gasteiger partial charge is 0.481 e. The maximum absolute atomic E-state index is 13.6. The summed E-state index contributed by atoms with van der Waals surface area (Å²) in [6.45, 7) is 3.76. The predicted octanol–water partition coefficient (Wildman–Crippen LogP) is 2.73. The molecule has 0 spiro atoms. The van der Waals surface area contributed by atoms with Crippen LogP contribution in [0.4, 0.5) is 4.39 Å². The zero-order valence-electron chi connectivity index (χ0n) is 11.4. The molecule has 0 saturated carbocycles. The molecule has 1 rings (SSSR count). The average Bonchev–Trinajstić information content (AvgIpc) is 2.34. The van der Waals surface area contributed by atoms with Crippen LogP contribution >= 0.6 is 11.6 Å². The third kappa shape index (κ3) is 4.20. The molecule has 1 aromatic rings. The van der Waals surface area contributed by atoms with Crippen molar-refractivity contribution in [2.75, 3.05) is 6.54 Å². The lowest BCUT2D eigenvalue weighted by Gasteiger charge is -2.27. The molecule has 0 fully saturated rings. The Labute approximate surface area is 122 Å². The number of hydrogen-bond donors (Lipinski definition) is 1. The summed E-state index contributed by atoms with van der Waals surface area (Å²) in [6.07, 6.45) is -0.326. The molecule has 0 aliphatic heterocycles. The maximum atomic E-state index is 13.6. The molecule has 1 unspecified atom stereocenters. The third-order valence-electron chi connectivity index (χ3n) is 3.05. The molecule has 1 aromatic carbocycles. The summed E-state index contributed by atoms with van der Waals surface area (Å²) in [6, 6.07) is 3.78. The highest BCUT2D eigenvalue weighted by Gasteiger charge is 2.22. The van der Waals surface area contributed by atoms with Gasteiger partial charge in [-0.05, 0) is 26.0 Å². The molecular formula is C14H17ClFNO3. The normalized spacial score (nSPS) is 12.0. The summed E-state index contributed by atoms with van der Waals surface area (Å²) in [5.41, 5.74) is 0.139. The fraction of sp³-hybridized carbons (Fsp3) is 0.429. The lowest BCUT2D eigenvalue weighted by molar-refractivity contribution is -0.140. The van der Waals surface area contributed by atoms with Crippen LogP contribution in [0.25, 0.3) is 0 Å². The van der Waals surface area contributed by atoms with E-state index in [1.807, 2.05) is 0 Å². The van der Waals surface area contributed by atoms with E-state index in [2.05, 4.69) is 0 Å². The molecule has 0 bridgehead atoms. The van der Waals surface area contributed by atoms with Crippen LogP contribution in [0.5, 0.6) is 0 Å². The smallest absolute Gasteiger partial charge is 0.305 e. The molecule has 1 amide bonds. The Balaban J connectivity index is 2.85. The maximum Gasteiger partial charge on any atom is 0.305 e. The van der Waals surface area contributed by atoms with Crippen LogP contribution in [0.15, 0.2) is 18.2 Å². The van der Waals surface area contributed by atoms with E-state index < -0.39 is 17.8 Å². The van der Waals surface area contributed by atoms with Crippen molar-refractivity contribution in [3.8, 4) is 0 Å². The first kappa shape index (κ1) is 16.4. The van der Waals surface area contributed by atoms with Crippen LogP contribution in [0.1, 0.15) is 25.8 Å². The van der Waals surface area contributed by atoms with Gasteiger partial charge in [-0.2, -0.15) is 0 Å². The van der Waals surface area contributed by atoms with E-state index in [1.165, 1.54) is 23.1 Å². The van der Waals surface area contributed by atoms with Crippen LogP contribution in [-0.4, -0.2) is 34.5 Å². The minimum Gasteiger partial charge on any atom is -0.481 e. The van der Waals surface area contributed by atoms with Crippen molar-refractivity contribution in [2.45, 2.75) is 32.7 Å². The van der Waals surface area contributed by atoms with Crippen LogP contribution in [0, 0.1) is 5.82 Å². The van der Waals surface area contributed by atoms with Crippen molar-refractivity contribution < 1.29 is 19.1 Å². The van der Waals surface area contributed by atoms with Gasteiger partial charge in [0.15, 0.2) is 0 Å². The van der Waals surface area contributed by atoms with E-state index in [0.717, 1.165) is 0 Å². The summed E-state index contributed by atoms with van der Waals surface area (Å²) < 4.78 is 13.6. The highest BCUT2D eigenvalue weighted by molar-refractivity contribution is 6.31. The van der Waals surface area contributed by atoms with E-state index >= 15 is 0 Å². The highest BCUT2D eigenvalue weighted by atomic mass is 35.5. The van der Waals surface area contributed by atoms with Crippen molar-refractivity contribution in [3.05, 3.63) is 34.6 Å². The van der Waals surface area contributed by atoms with Crippen LogP contribution < -0.4 is 0 Å². The Bertz CT molecular complexity index is 487. The Hall–Kier alpha value is -1.62. The number of aliphatic carboxylic acids is 1. The van der Waals surface area contributed by atoms with Gasteiger partial charge >= 0.3 is 5.97 Å². The Morgan fingerprint density at radius 1 is 1.45 bits per heavy atom. The van der Waals surface area contributed by atoms with Crippen molar-refractivity contribution in [1.29, 1.82) is 0 Å². The van der Waals surface area contributed by atoms with Gasteiger partial charge in [0.1, 0.15) is 5.82 Å². The van der Waals surface area contributed by atoms with Gasteiger partial charge in [-0.15, -0.1) is 0 Å². The number of halogens is 2. The number of carbonyl (C=O) groups is 2. The number of benzene rings is 1. The van der Waals surface area contributed by atoms with Crippen LogP contribution in [-0.2, 0) is 16.0 Å². The van der Waals surface area contributed by atoms with Crippen molar-refractivity contribution in [3.63, 3.8) is 0 Å². The summed E-state index contributed by atoms with van der Waals surface area (Å²) in [4.78, 5) is 24.3. The first-order chi connectivity index (χ1) is 9.36. The van der Waals surface area contributed by atoms with E-state index in [1.54, 1.807) is 13.8 Å². The number of nitrogens with zero attached hydrogens (tertiary/aromatic N) is 1. The number of amides is 1. The van der Waals surface area contributed by atoms with Crippen molar-refractivity contribution in [2.24, 2.45) is 0 Å². The number of carbonyl (C=O) groups excluding carboxylic acids is 1. The van der Waals surface area contributed by atoms with E-state index in [0.29, 0.717) is 6.54 Å². The molecule has 0 heterocycles. The van der Waals surface area contributed by atoms with Gasteiger partial charge in [0.25, 0.3) is 0 Å². The van der Waals surface area contributed by atoms with E-state index in [-0.39, 0.29) is 29.3 Å². The van der Waals surface area contributed by atoms with Crippen molar-refractivity contribution in [1.82, 2.24) is 4.90 Å². The number of hydrogen-bond acceptors (Lipinski definition) is 2. The second-order valence-electron chi connectivity index (χ2n) is 4.50. The molecule has 0 radical (unpaired) electrons. The number of rotatable bonds is 6. The minimum atomic E-state index is -0.979. The first-order valence-electron chi connectivity index (χ1n) is 6.31. The second-order valence-corrected chi connectivity index (χ2v) is 4.91. The third-order valence-corrected chi connectivity index (χ3v) is 3.41. The highest BCUT2D eigenvalue weighted by Crippen LogP contribution is 2.20. The Kier molecular flexibility index (Phi) is 5.95. The van der Waals surface area contributed by atoms with Crippen LogP contribution in [0.2, 0.25) is 5.02 Å². The summed E-state index contributed by atoms with van der Waals surface area (Å²) >= 11 is 5.88. The molecule has 4 nitrogen and oxygen atoms in total. The number of likely N-dealkylation sites (N-methyl/N-ethyl adjacent to an activating group) is 1. The molecule has 0 aliphatic rings. The molecule has 6 heteroatoms. The van der Waals surface area contributed by atoms with Crippen LogP contribution in [0.3, 0.4) is 0 Å². The summed E-state index contributed by atoms with van der Waals surface area (Å²) in [5, 5.41) is 8.96. The number of carboxylic acid groups (broad SMARTS) is 1. The molecule has 110 valence electrons. The molecular weight excluding hydrogens is 285 g/mol. The van der Waals surface area contributed by atoms with Gasteiger partial charge in [-0.25, -0.2) is 4.39 Å². The van der Waals surface area contributed by atoms with Crippen molar-refractivity contribution >= 4 is 23.5 Å². The lowest BCUT2D eigenvalue weighted by atomic mass is 10.1. The van der Waals surface area contributed by atoms with Gasteiger partial charge in [-0.1, -0.05) is 17.7 Å². The monoisotopic (exact) mass is 301 g/mol. The SMILES string of the molecule is CCN(C(=O)Cc1c(F)cccc1Cl)C(C)CC(=O)O. The zero-order valence-corrected chi connectivity index (χ0v) is 12.2. The average molecular weight is 302 g/mol. The fourth-order valence-electron chi connectivity index (χ4n) is 2.05.